The van der Waals surface area contributed by atoms with Crippen molar-refractivity contribution in [1.29, 1.82) is 0 Å². The van der Waals surface area contributed by atoms with Gasteiger partial charge >= 0.3 is 10.5 Å². The maximum atomic E-state index is 10.8. The molecule has 9 heteroatoms. The van der Waals surface area contributed by atoms with Crippen LogP contribution in [0.5, 0.6) is 5.75 Å². The molecule has 1 N–H and O–H groups in total. The molecule has 0 saturated heterocycles. The topological polar surface area (TPSA) is 110 Å². The lowest BCUT2D eigenvalue weighted by atomic mass is 10.3. The van der Waals surface area contributed by atoms with Crippen LogP contribution in [0.2, 0.25) is 0 Å². The van der Waals surface area contributed by atoms with Gasteiger partial charge < -0.3 is 4.74 Å². The molecular weight excluding hydrogens is 258 g/mol. The monoisotopic (exact) mass is 265 g/mol. The zero-order valence-electron chi connectivity index (χ0n) is 7.98. The van der Waals surface area contributed by atoms with Gasteiger partial charge in [-0.05, 0) is 18.2 Å². The summed E-state index contributed by atoms with van der Waals surface area (Å²) in [5.74, 6) is 0.0802. The highest BCUT2D eigenvalue weighted by molar-refractivity contribution is 7.85. The van der Waals surface area contributed by atoms with Crippen molar-refractivity contribution in [3.63, 3.8) is 0 Å². The fourth-order valence-electron chi connectivity index (χ4n) is 0.982. The quantitative estimate of drug-likeness (QED) is 0.803. The van der Waals surface area contributed by atoms with E-state index < -0.39 is 25.5 Å². The molecule has 0 aromatic heterocycles. The highest BCUT2D eigenvalue weighted by Crippen LogP contribution is 2.29. The van der Waals surface area contributed by atoms with E-state index in [4.69, 9.17) is 9.29 Å². The molecule has 0 aliphatic heterocycles. The highest BCUT2D eigenvalue weighted by atomic mass is 32.2. The Bertz CT molecular complexity index is 623. The van der Waals surface area contributed by atoms with E-state index in [-0.39, 0.29) is 11.4 Å². The summed E-state index contributed by atoms with van der Waals surface area (Å²) in [6.45, 7) is 0. The Hall–Kier alpha value is -1.45. The van der Waals surface area contributed by atoms with Crippen molar-refractivity contribution in [3.8, 4) is 5.75 Å². The van der Waals surface area contributed by atoms with Crippen molar-refractivity contribution < 1.29 is 26.1 Å². The van der Waals surface area contributed by atoms with Gasteiger partial charge in [-0.25, -0.2) is 0 Å². The molecule has 1 aromatic carbocycles. The van der Waals surface area contributed by atoms with Gasteiger partial charge in [-0.1, -0.05) is 0 Å². The SMILES string of the molecule is COc1ccc(S(=O)(=O)O)cc1N=S(=O)=O. The van der Waals surface area contributed by atoms with Crippen LogP contribution in [-0.4, -0.2) is 28.5 Å². The summed E-state index contributed by atoms with van der Waals surface area (Å²) in [5, 5.41) is 0. The minimum atomic E-state index is -4.40. The standard InChI is InChI=1S/C7H7NO6S2/c1-14-7-3-2-5(16(11,12)13)4-6(7)8-15(9)10/h2-4H,1H3,(H,11,12,13). The lowest BCUT2D eigenvalue weighted by Crippen LogP contribution is -1.97. The molecule has 1 rings (SSSR count). The largest absolute Gasteiger partial charge is 0.494 e. The van der Waals surface area contributed by atoms with Gasteiger partial charge in [0.15, 0.2) is 0 Å². The zero-order valence-corrected chi connectivity index (χ0v) is 9.62. The van der Waals surface area contributed by atoms with E-state index in [1.165, 1.54) is 13.2 Å². The van der Waals surface area contributed by atoms with Gasteiger partial charge in [-0.15, -0.1) is 4.36 Å². The number of ether oxygens (including phenoxy) is 1. The van der Waals surface area contributed by atoms with Crippen LogP contribution in [0, 0.1) is 0 Å². The Morgan fingerprint density at radius 3 is 2.44 bits per heavy atom. The van der Waals surface area contributed by atoms with Crippen molar-refractivity contribution >= 4 is 26.3 Å². The van der Waals surface area contributed by atoms with Crippen molar-refractivity contribution in [3.05, 3.63) is 18.2 Å². The van der Waals surface area contributed by atoms with Crippen LogP contribution in [0.1, 0.15) is 0 Å². The molecule has 0 fully saturated rings. The van der Waals surface area contributed by atoms with E-state index in [1.54, 1.807) is 0 Å². The lowest BCUT2D eigenvalue weighted by Gasteiger charge is -2.03. The Morgan fingerprint density at radius 2 is 2.00 bits per heavy atom. The molecule has 0 aliphatic rings. The molecule has 0 unspecified atom stereocenters. The summed E-state index contributed by atoms with van der Waals surface area (Å²) in [7, 11) is -5.87. The average Bonchev–Trinajstić information content (AvgIpc) is 2.15. The van der Waals surface area contributed by atoms with Gasteiger partial charge in [0.05, 0.1) is 12.0 Å². The zero-order chi connectivity index (χ0) is 12.3. The number of hydrogen-bond acceptors (Lipinski definition) is 6. The molecule has 0 heterocycles. The average molecular weight is 265 g/mol. The van der Waals surface area contributed by atoms with Crippen LogP contribution in [0.4, 0.5) is 5.69 Å². The first-order valence-electron chi connectivity index (χ1n) is 3.81. The van der Waals surface area contributed by atoms with Crippen molar-refractivity contribution in [2.24, 2.45) is 4.36 Å². The number of nitrogens with zero attached hydrogens (tertiary/aromatic N) is 1. The van der Waals surface area contributed by atoms with Crippen LogP contribution in [0.15, 0.2) is 27.5 Å². The number of rotatable bonds is 3. The second kappa shape index (κ2) is 4.60. The molecule has 0 saturated carbocycles. The summed E-state index contributed by atoms with van der Waals surface area (Å²) in [4.78, 5) is -0.461. The number of hydrogen-bond donors (Lipinski definition) is 1. The van der Waals surface area contributed by atoms with Gasteiger partial charge in [0.2, 0.25) is 0 Å². The molecule has 0 spiro atoms. The van der Waals surface area contributed by atoms with E-state index in [1.807, 2.05) is 0 Å². The van der Waals surface area contributed by atoms with E-state index in [2.05, 4.69) is 4.36 Å². The fourth-order valence-corrected chi connectivity index (χ4v) is 1.79. The molecule has 0 atom stereocenters. The molecule has 1 aromatic rings. The molecule has 16 heavy (non-hydrogen) atoms. The smallest absolute Gasteiger partial charge is 0.316 e. The predicted molar refractivity (Wildman–Crippen MR) is 53.8 cm³/mol. The van der Waals surface area contributed by atoms with Crippen LogP contribution in [-0.2, 0) is 20.6 Å². The number of benzene rings is 1. The van der Waals surface area contributed by atoms with Gasteiger partial charge in [-0.2, -0.15) is 16.8 Å². The fraction of sp³-hybridized carbons (Fsp3) is 0.143. The highest BCUT2D eigenvalue weighted by Gasteiger charge is 2.13. The Balaban J connectivity index is 3.51. The summed E-state index contributed by atoms with van der Waals surface area (Å²) in [6, 6.07) is 3.15. The maximum Gasteiger partial charge on any atom is 0.316 e. The van der Waals surface area contributed by atoms with Gasteiger partial charge in [0.25, 0.3) is 10.1 Å². The summed E-state index contributed by atoms with van der Waals surface area (Å²) in [6.07, 6.45) is 0. The molecule has 0 radical (unpaired) electrons. The first-order chi connectivity index (χ1) is 7.34. The molecular formula is C7H7NO6S2. The third kappa shape index (κ3) is 3.02. The van der Waals surface area contributed by atoms with Crippen molar-refractivity contribution in [2.45, 2.75) is 4.90 Å². The molecule has 0 bridgehead atoms. The molecule has 88 valence electrons. The molecule has 0 aliphatic carbocycles. The summed E-state index contributed by atoms with van der Waals surface area (Å²) in [5.41, 5.74) is -0.203. The second-order valence-corrected chi connectivity index (χ2v) is 4.66. The first-order valence-corrected chi connectivity index (χ1v) is 6.28. The second-order valence-electron chi connectivity index (χ2n) is 2.62. The van der Waals surface area contributed by atoms with E-state index >= 15 is 0 Å². The minimum Gasteiger partial charge on any atom is -0.494 e. The van der Waals surface area contributed by atoms with Gasteiger partial charge in [0, 0.05) is 0 Å². The van der Waals surface area contributed by atoms with Crippen LogP contribution < -0.4 is 4.74 Å². The van der Waals surface area contributed by atoms with Crippen molar-refractivity contribution in [1.82, 2.24) is 0 Å². The Labute approximate surface area is 93.1 Å². The lowest BCUT2D eigenvalue weighted by molar-refractivity contribution is 0.415. The maximum absolute atomic E-state index is 10.8. The third-order valence-electron chi connectivity index (χ3n) is 1.62. The van der Waals surface area contributed by atoms with Crippen molar-refractivity contribution in [2.75, 3.05) is 7.11 Å². The Morgan fingerprint density at radius 1 is 1.38 bits per heavy atom. The van der Waals surface area contributed by atoms with E-state index in [9.17, 15) is 16.8 Å². The van der Waals surface area contributed by atoms with Gasteiger partial charge in [0.1, 0.15) is 11.4 Å². The molecule has 7 nitrogen and oxygen atoms in total. The van der Waals surface area contributed by atoms with Crippen LogP contribution in [0.25, 0.3) is 0 Å². The normalized spacial score (nSPS) is 10.9. The predicted octanol–water partition coefficient (Wildman–Crippen LogP) is 0.636. The van der Waals surface area contributed by atoms with E-state index in [0.717, 1.165) is 12.1 Å². The van der Waals surface area contributed by atoms with Crippen LogP contribution >= 0.6 is 0 Å². The summed E-state index contributed by atoms with van der Waals surface area (Å²) < 4.78 is 58.9. The minimum absolute atomic E-state index is 0.0802. The van der Waals surface area contributed by atoms with E-state index in [0.29, 0.717) is 0 Å². The molecule has 0 amide bonds. The van der Waals surface area contributed by atoms with Gasteiger partial charge in [-0.3, -0.25) is 4.55 Å². The third-order valence-corrected chi connectivity index (χ3v) is 2.82. The number of methoxy groups -OCH3 is 1. The first kappa shape index (κ1) is 12.6. The summed E-state index contributed by atoms with van der Waals surface area (Å²) >= 11 is 0. The Kier molecular flexibility index (Phi) is 3.62. The van der Waals surface area contributed by atoms with Crippen LogP contribution in [0.3, 0.4) is 0 Å².